The summed E-state index contributed by atoms with van der Waals surface area (Å²) in [5.74, 6) is 1.63. The van der Waals surface area contributed by atoms with Gasteiger partial charge in [0.05, 0.1) is 6.61 Å². The van der Waals surface area contributed by atoms with Crippen LogP contribution in [0.15, 0.2) is 47.1 Å². The molecule has 20 heavy (non-hydrogen) atoms. The zero-order valence-corrected chi connectivity index (χ0v) is 12.3. The first-order valence-corrected chi connectivity index (χ1v) is 7.99. The van der Waals surface area contributed by atoms with Gasteiger partial charge in [-0.3, -0.25) is 0 Å². The Morgan fingerprint density at radius 2 is 2.20 bits per heavy atom. The molecule has 2 heterocycles. The van der Waals surface area contributed by atoms with Crippen molar-refractivity contribution in [3.63, 3.8) is 0 Å². The van der Waals surface area contributed by atoms with Gasteiger partial charge in [0.25, 0.3) is 0 Å². The quantitative estimate of drug-likeness (QED) is 0.338. The third-order valence-corrected chi connectivity index (χ3v) is 4.46. The summed E-state index contributed by atoms with van der Waals surface area (Å²) < 4.78 is 5.66. The molecule has 0 bridgehead atoms. The summed E-state index contributed by atoms with van der Waals surface area (Å²) in [7, 11) is 0. The molecule has 0 spiro atoms. The monoisotopic (exact) mass is 303 g/mol. The van der Waals surface area contributed by atoms with Gasteiger partial charge in [-0.05, 0) is 23.6 Å². The maximum absolute atomic E-state index is 5.70. The van der Waals surface area contributed by atoms with E-state index in [4.69, 9.17) is 10.5 Å². The number of thioether (sulfide) groups is 1. The highest BCUT2D eigenvalue weighted by atomic mass is 32.2. The number of aromatic nitrogens is 2. The third-order valence-electron chi connectivity index (χ3n) is 2.67. The molecule has 2 aromatic heterocycles. The molecule has 0 saturated heterocycles. The van der Waals surface area contributed by atoms with Crippen LogP contribution in [0.25, 0.3) is 10.2 Å². The first-order valence-electron chi connectivity index (χ1n) is 6.12. The standard InChI is InChI=1S/C14H13N3OS2/c15-10-2-1-3-11(8-10)18-5-7-20-14-12-4-6-19-13(12)16-9-17-14/h1-4,6,8-9H,5,7,15H2. The number of rotatable bonds is 5. The van der Waals surface area contributed by atoms with Crippen molar-refractivity contribution in [2.75, 3.05) is 18.1 Å². The Labute approximate surface area is 125 Å². The molecule has 2 N–H and O–H groups in total. The molecule has 0 atom stereocenters. The number of anilines is 1. The highest BCUT2D eigenvalue weighted by Crippen LogP contribution is 2.27. The van der Waals surface area contributed by atoms with Crippen molar-refractivity contribution >= 4 is 39.0 Å². The summed E-state index contributed by atoms with van der Waals surface area (Å²) >= 11 is 3.31. The van der Waals surface area contributed by atoms with Crippen LogP contribution in [0.2, 0.25) is 0 Å². The molecule has 0 aliphatic rings. The minimum Gasteiger partial charge on any atom is -0.493 e. The Balaban J connectivity index is 1.56. The van der Waals surface area contributed by atoms with Crippen molar-refractivity contribution in [3.05, 3.63) is 42.0 Å². The Hall–Kier alpha value is -1.79. The third kappa shape index (κ3) is 3.02. The summed E-state index contributed by atoms with van der Waals surface area (Å²) in [5, 5.41) is 4.16. The summed E-state index contributed by atoms with van der Waals surface area (Å²) in [4.78, 5) is 9.58. The second kappa shape index (κ2) is 6.11. The lowest BCUT2D eigenvalue weighted by molar-refractivity contribution is 0.344. The smallest absolute Gasteiger partial charge is 0.127 e. The van der Waals surface area contributed by atoms with Crippen LogP contribution in [0.3, 0.4) is 0 Å². The van der Waals surface area contributed by atoms with Gasteiger partial charge in [0, 0.05) is 22.9 Å². The summed E-state index contributed by atoms with van der Waals surface area (Å²) in [5.41, 5.74) is 6.42. The molecule has 0 unspecified atom stereocenters. The molecule has 0 saturated carbocycles. The minimum absolute atomic E-state index is 0.615. The highest BCUT2D eigenvalue weighted by Gasteiger charge is 2.05. The van der Waals surface area contributed by atoms with Gasteiger partial charge in [-0.2, -0.15) is 0 Å². The van der Waals surface area contributed by atoms with Gasteiger partial charge >= 0.3 is 0 Å². The van der Waals surface area contributed by atoms with Crippen molar-refractivity contribution in [1.82, 2.24) is 9.97 Å². The maximum Gasteiger partial charge on any atom is 0.127 e. The molecule has 3 rings (SSSR count). The molecule has 0 radical (unpaired) electrons. The van der Waals surface area contributed by atoms with Crippen molar-refractivity contribution in [2.24, 2.45) is 0 Å². The first-order chi connectivity index (χ1) is 9.83. The molecule has 0 amide bonds. The van der Waals surface area contributed by atoms with Gasteiger partial charge < -0.3 is 10.5 Å². The normalized spacial score (nSPS) is 10.8. The fourth-order valence-corrected chi connectivity index (χ4v) is 3.38. The predicted molar refractivity (Wildman–Crippen MR) is 84.5 cm³/mol. The van der Waals surface area contributed by atoms with Crippen LogP contribution in [-0.4, -0.2) is 22.3 Å². The topological polar surface area (TPSA) is 61.0 Å². The number of thiophene rings is 1. The lowest BCUT2D eigenvalue weighted by Gasteiger charge is -2.06. The average Bonchev–Trinajstić information content (AvgIpc) is 2.93. The van der Waals surface area contributed by atoms with Crippen LogP contribution in [0.4, 0.5) is 5.69 Å². The predicted octanol–water partition coefficient (Wildman–Crippen LogP) is 3.44. The lowest BCUT2D eigenvalue weighted by atomic mass is 10.3. The van der Waals surface area contributed by atoms with E-state index in [1.165, 1.54) is 0 Å². The van der Waals surface area contributed by atoms with E-state index in [9.17, 15) is 0 Å². The van der Waals surface area contributed by atoms with Gasteiger partial charge in [0.15, 0.2) is 0 Å². The van der Waals surface area contributed by atoms with Crippen LogP contribution in [0, 0.1) is 0 Å². The van der Waals surface area contributed by atoms with Gasteiger partial charge in [-0.1, -0.05) is 6.07 Å². The van der Waals surface area contributed by atoms with Crippen molar-refractivity contribution in [1.29, 1.82) is 0 Å². The molecule has 0 aliphatic heterocycles. The Morgan fingerprint density at radius 3 is 3.10 bits per heavy atom. The second-order valence-corrected chi connectivity index (χ2v) is 6.07. The van der Waals surface area contributed by atoms with Crippen molar-refractivity contribution < 1.29 is 4.74 Å². The number of nitrogen functional groups attached to an aromatic ring is 1. The van der Waals surface area contributed by atoms with Crippen molar-refractivity contribution in [3.8, 4) is 5.75 Å². The van der Waals surface area contributed by atoms with E-state index in [0.29, 0.717) is 12.3 Å². The van der Waals surface area contributed by atoms with Crippen molar-refractivity contribution in [2.45, 2.75) is 5.03 Å². The van der Waals surface area contributed by atoms with Gasteiger partial charge in [0.1, 0.15) is 21.9 Å². The van der Waals surface area contributed by atoms with Crippen LogP contribution >= 0.6 is 23.1 Å². The lowest BCUT2D eigenvalue weighted by Crippen LogP contribution is -2.01. The van der Waals surface area contributed by atoms with E-state index in [-0.39, 0.29) is 0 Å². The minimum atomic E-state index is 0.615. The summed E-state index contributed by atoms with van der Waals surface area (Å²) in [6.07, 6.45) is 1.61. The van der Waals surface area contributed by atoms with E-state index in [1.807, 2.05) is 29.6 Å². The van der Waals surface area contributed by atoms with Gasteiger partial charge in [0.2, 0.25) is 0 Å². The number of hydrogen-bond acceptors (Lipinski definition) is 6. The fourth-order valence-electron chi connectivity index (χ4n) is 1.78. The summed E-state index contributed by atoms with van der Waals surface area (Å²) in [6.45, 7) is 0.615. The van der Waals surface area contributed by atoms with E-state index < -0.39 is 0 Å². The van der Waals surface area contributed by atoms with Crippen LogP contribution in [0.1, 0.15) is 0 Å². The molecule has 4 nitrogen and oxygen atoms in total. The highest BCUT2D eigenvalue weighted by molar-refractivity contribution is 7.99. The number of fused-ring (bicyclic) bond motifs is 1. The second-order valence-electron chi connectivity index (χ2n) is 4.09. The molecular weight excluding hydrogens is 290 g/mol. The molecule has 102 valence electrons. The van der Waals surface area contributed by atoms with E-state index in [2.05, 4.69) is 16.0 Å². The number of ether oxygens (including phenoxy) is 1. The molecule has 6 heteroatoms. The SMILES string of the molecule is Nc1cccc(OCCSc2ncnc3sccc23)c1. The van der Waals surface area contributed by atoms with E-state index in [0.717, 1.165) is 26.7 Å². The number of nitrogens with zero attached hydrogens (tertiary/aromatic N) is 2. The van der Waals surface area contributed by atoms with Crippen LogP contribution < -0.4 is 10.5 Å². The Kier molecular flexibility index (Phi) is 4.03. The van der Waals surface area contributed by atoms with E-state index >= 15 is 0 Å². The number of hydrogen-bond donors (Lipinski definition) is 1. The molecule has 3 aromatic rings. The largest absolute Gasteiger partial charge is 0.493 e. The average molecular weight is 303 g/mol. The zero-order valence-electron chi connectivity index (χ0n) is 10.7. The van der Waals surface area contributed by atoms with E-state index in [1.54, 1.807) is 29.4 Å². The molecular formula is C14H13N3OS2. The Morgan fingerprint density at radius 1 is 1.25 bits per heavy atom. The number of benzene rings is 1. The van der Waals surface area contributed by atoms with Crippen LogP contribution in [-0.2, 0) is 0 Å². The zero-order chi connectivity index (χ0) is 13.8. The Bertz CT molecular complexity index is 714. The molecule has 0 fully saturated rings. The molecule has 1 aromatic carbocycles. The fraction of sp³-hybridized carbons (Fsp3) is 0.143. The first kappa shape index (κ1) is 13.2. The maximum atomic E-state index is 5.70. The van der Waals surface area contributed by atoms with Gasteiger partial charge in [-0.25, -0.2) is 9.97 Å². The molecule has 0 aliphatic carbocycles. The number of nitrogens with two attached hydrogens (primary N) is 1. The van der Waals surface area contributed by atoms with Crippen LogP contribution in [0.5, 0.6) is 5.75 Å². The van der Waals surface area contributed by atoms with Gasteiger partial charge in [-0.15, -0.1) is 23.1 Å². The summed E-state index contributed by atoms with van der Waals surface area (Å²) in [6, 6.07) is 9.52.